The van der Waals surface area contributed by atoms with E-state index < -0.39 is 0 Å². The van der Waals surface area contributed by atoms with Gasteiger partial charge in [-0.2, -0.15) is 0 Å². The third-order valence-electron chi connectivity index (χ3n) is 3.12. The van der Waals surface area contributed by atoms with Crippen molar-refractivity contribution in [2.24, 2.45) is 0 Å². The number of halogens is 1. The Morgan fingerprint density at radius 1 is 1.29 bits per heavy atom. The Morgan fingerprint density at radius 3 is 2.86 bits per heavy atom. The zero-order valence-electron chi connectivity index (χ0n) is 11.4. The first-order valence-corrected chi connectivity index (χ1v) is 6.90. The monoisotopic (exact) mass is 300 g/mol. The lowest BCUT2D eigenvalue weighted by Gasteiger charge is -2.06. The van der Waals surface area contributed by atoms with Crippen LogP contribution in [0.25, 0.3) is 10.9 Å². The number of hydrogen-bond acceptors (Lipinski definition) is 3. The number of nitrogens with one attached hydrogen (secondary N) is 1. The third-order valence-corrected chi connectivity index (χ3v) is 3.43. The van der Waals surface area contributed by atoms with Gasteiger partial charge in [0.2, 0.25) is 0 Å². The maximum Gasteiger partial charge on any atom is 0.270 e. The molecule has 0 fully saturated rings. The molecule has 0 radical (unpaired) electrons. The minimum atomic E-state index is -0.281. The smallest absolute Gasteiger partial charge is 0.270 e. The standard InChI is InChI=1S/C16H13ClN2O2/c1-10-6-7-11(21-10)9-18-16(20)15-8-13(17)12-4-2-3-5-14(12)19-15/h2-8H,9H2,1H3,(H,18,20). The molecule has 2 heterocycles. The molecule has 21 heavy (non-hydrogen) atoms. The van der Waals surface area contributed by atoms with Crippen molar-refractivity contribution in [3.8, 4) is 0 Å². The number of aryl methyl sites for hydroxylation is 1. The van der Waals surface area contributed by atoms with Gasteiger partial charge in [-0.15, -0.1) is 0 Å². The lowest BCUT2D eigenvalue weighted by atomic mass is 10.2. The van der Waals surface area contributed by atoms with Crippen molar-refractivity contribution in [3.63, 3.8) is 0 Å². The van der Waals surface area contributed by atoms with Crippen molar-refractivity contribution in [3.05, 3.63) is 64.7 Å². The number of benzene rings is 1. The first-order valence-electron chi connectivity index (χ1n) is 6.52. The van der Waals surface area contributed by atoms with Crippen molar-refractivity contribution < 1.29 is 9.21 Å². The van der Waals surface area contributed by atoms with Crippen molar-refractivity contribution >= 4 is 28.4 Å². The number of para-hydroxylation sites is 1. The maximum atomic E-state index is 12.1. The van der Waals surface area contributed by atoms with E-state index in [1.807, 2.05) is 43.3 Å². The van der Waals surface area contributed by atoms with Crippen molar-refractivity contribution in [2.45, 2.75) is 13.5 Å². The van der Waals surface area contributed by atoms with E-state index in [-0.39, 0.29) is 5.91 Å². The van der Waals surface area contributed by atoms with Crippen LogP contribution < -0.4 is 5.32 Å². The Kier molecular flexibility index (Phi) is 3.62. The van der Waals surface area contributed by atoms with Crippen LogP contribution in [0.3, 0.4) is 0 Å². The van der Waals surface area contributed by atoms with Crippen LogP contribution in [0.4, 0.5) is 0 Å². The number of carbonyl (C=O) groups is 1. The number of amides is 1. The quantitative estimate of drug-likeness (QED) is 0.802. The Bertz CT molecular complexity index is 811. The molecular formula is C16H13ClN2O2. The number of hydrogen-bond donors (Lipinski definition) is 1. The Morgan fingerprint density at radius 2 is 2.10 bits per heavy atom. The van der Waals surface area contributed by atoms with Crippen molar-refractivity contribution in [1.29, 1.82) is 0 Å². The van der Waals surface area contributed by atoms with Gasteiger partial charge in [-0.3, -0.25) is 4.79 Å². The third kappa shape index (κ3) is 2.90. The Labute approximate surface area is 126 Å². The molecule has 0 spiro atoms. The summed E-state index contributed by atoms with van der Waals surface area (Å²) in [5.41, 5.74) is 0.992. The average molecular weight is 301 g/mol. The lowest BCUT2D eigenvalue weighted by Crippen LogP contribution is -2.23. The molecule has 0 saturated heterocycles. The van der Waals surface area contributed by atoms with Crippen molar-refractivity contribution in [2.75, 3.05) is 0 Å². The maximum absolute atomic E-state index is 12.1. The van der Waals surface area contributed by atoms with Gasteiger partial charge in [0, 0.05) is 5.39 Å². The fraction of sp³-hybridized carbons (Fsp3) is 0.125. The average Bonchev–Trinajstić information content (AvgIpc) is 2.90. The molecule has 0 unspecified atom stereocenters. The zero-order chi connectivity index (χ0) is 14.8. The highest BCUT2D eigenvalue weighted by atomic mass is 35.5. The largest absolute Gasteiger partial charge is 0.465 e. The van der Waals surface area contributed by atoms with E-state index in [2.05, 4.69) is 10.3 Å². The molecule has 3 rings (SSSR count). The van der Waals surface area contributed by atoms with Gasteiger partial charge in [-0.25, -0.2) is 4.98 Å². The number of rotatable bonds is 3. The Balaban J connectivity index is 1.81. The van der Waals surface area contributed by atoms with E-state index in [1.165, 1.54) is 0 Å². The molecule has 0 atom stereocenters. The molecule has 0 saturated carbocycles. The second kappa shape index (κ2) is 5.58. The van der Waals surface area contributed by atoms with E-state index in [0.717, 1.165) is 11.1 Å². The van der Waals surface area contributed by atoms with Crippen molar-refractivity contribution in [1.82, 2.24) is 10.3 Å². The lowest BCUT2D eigenvalue weighted by molar-refractivity contribution is 0.0943. The predicted molar refractivity (Wildman–Crippen MR) is 81.4 cm³/mol. The SMILES string of the molecule is Cc1ccc(CNC(=O)c2cc(Cl)c3ccccc3n2)o1. The summed E-state index contributed by atoms with van der Waals surface area (Å²) in [6, 6.07) is 12.7. The molecule has 0 aliphatic heterocycles. The summed E-state index contributed by atoms with van der Waals surface area (Å²) in [7, 11) is 0. The molecule has 2 aromatic heterocycles. The number of aromatic nitrogens is 1. The predicted octanol–water partition coefficient (Wildman–Crippen LogP) is 3.72. The molecule has 0 aliphatic carbocycles. The van der Waals surface area contributed by atoms with Crippen LogP contribution in [0, 0.1) is 6.92 Å². The zero-order valence-corrected chi connectivity index (χ0v) is 12.1. The van der Waals surface area contributed by atoms with Crippen LogP contribution in [-0.2, 0) is 6.54 Å². The van der Waals surface area contributed by atoms with Gasteiger partial charge in [0.05, 0.1) is 17.1 Å². The number of pyridine rings is 1. The van der Waals surface area contributed by atoms with E-state index in [9.17, 15) is 4.79 Å². The Hall–Kier alpha value is -2.33. The summed E-state index contributed by atoms with van der Waals surface area (Å²) < 4.78 is 5.40. The van der Waals surface area contributed by atoms with Gasteiger partial charge in [-0.1, -0.05) is 29.8 Å². The molecule has 1 amide bonds. The van der Waals surface area contributed by atoms with Gasteiger partial charge >= 0.3 is 0 Å². The van der Waals surface area contributed by atoms with Gasteiger partial charge in [0.25, 0.3) is 5.91 Å². The highest BCUT2D eigenvalue weighted by Gasteiger charge is 2.11. The molecule has 1 aromatic carbocycles. The van der Waals surface area contributed by atoms with Gasteiger partial charge in [0.1, 0.15) is 17.2 Å². The summed E-state index contributed by atoms with van der Waals surface area (Å²) in [6.45, 7) is 2.18. The number of fused-ring (bicyclic) bond motifs is 1. The fourth-order valence-corrected chi connectivity index (χ4v) is 2.35. The molecular weight excluding hydrogens is 288 g/mol. The summed E-state index contributed by atoms with van der Waals surface area (Å²) in [5.74, 6) is 1.23. The molecule has 1 N–H and O–H groups in total. The van der Waals surface area contributed by atoms with E-state index in [1.54, 1.807) is 6.07 Å². The van der Waals surface area contributed by atoms with Crippen LogP contribution in [0.2, 0.25) is 5.02 Å². The molecule has 0 aliphatic rings. The summed E-state index contributed by atoms with van der Waals surface area (Å²) >= 11 is 6.19. The summed E-state index contributed by atoms with van der Waals surface area (Å²) in [5, 5.41) is 4.11. The van der Waals surface area contributed by atoms with Crippen LogP contribution in [0.15, 0.2) is 46.9 Å². The number of furan rings is 1. The van der Waals surface area contributed by atoms with E-state index in [0.29, 0.717) is 28.5 Å². The van der Waals surface area contributed by atoms with E-state index >= 15 is 0 Å². The molecule has 106 valence electrons. The highest BCUT2D eigenvalue weighted by Crippen LogP contribution is 2.22. The van der Waals surface area contributed by atoms with Crippen LogP contribution in [0.1, 0.15) is 22.0 Å². The molecule has 3 aromatic rings. The summed E-state index contributed by atoms with van der Waals surface area (Å²) in [4.78, 5) is 16.5. The fourth-order valence-electron chi connectivity index (χ4n) is 2.09. The van der Waals surface area contributed by atoms with Crippen LogP contribution in [-0.4, -0.2) is 10.9 Å². The second-order valence-corrected chi connectivity index (χ2v) is 5.11. The van der Waals surface area contributed by atoms with Crippen LogP contribution >= 0.6 is 11.6 Å². The molecule has 5 heteroatoms. The van der Waals surface area contributed by atoms with Gasteiger partial charge in [-0.05, 0) is 31.2 Å². The summed E-state index contributed by atoms with van der Waals surface area (Å²) in [6.07, 6.45) is 0. The van der Waals surface area contributed by atoms with Crippen LogP contribution in [0.5, 0.6) is 0 Å². The normalized spacial score (nSPS) is 10.8. The van der Waals surface area contributed by atoms with Gasteiger partial charge in [0.15, 0.2) is 0 Å². The molecule has 0 bridgehead atoms. The van der Waals surface area contributed by atoms with Gasteiger partial charge < -0.3 is 9.73 Å². The molecule has 4 nitrogen and oxygen atoms in total. The number of carbonyl (C=O) groups excluding carboxylic acids is 1. The number of nitrogens with zero attached hydrogens (tertiary/aromatic N) is 1. The first kappa shape index (κ1) is 13.6. The topological polar surface area (TPSA) is 55.1 Å². The minimum Gasteiger partial charge on any atom is -0.465 e. The highest BCUT2D eigenvalue weighted by molar-refractivity contribution is 6.35. The minimum absolute atomic E-state index is 0.281. The first-order chi connectivity index (χ1) is 10.1. The second-order valence-electron chi connectivity index (χ2n) is 4.70. The van der Waals surface area contributed by atoms with E-state index in [4.69, 9.17) is 16.0 Å².